The van der Waals surface area contributed by atoms with Crippen molar-refractivity contribution < 1.29 is 4.74 Å². The number of fused-ring (bicyclic) bond motifs is 2. The van der Waals surface area contributed by atoms with Gasteiger partial charge in [0.1, 0.15) is 11.5 Å². The number of para-hydroxylation sites is 1. The molecule has 0 saturated carbocycles. The predicted molar refractivity (Wildman–Crippen MR) is 254 cm³/mol. The maximum Gasteiger partial charge on any atom is 0.137 e. The van der Waals surface area contributed by atoms with E-state index < -0.39 is 0 Å². The molecule has 8 aromatic carbocycles. The largest absolute Gasteiger partial charge is 0.456 e. The smallest absolute Gasteiger partial charge is 0.137 e. The van der Waals surface area contributed by atoms with Gasteiger partial charge >= 0.3 is 0 Å². The van der Waals surface area contributed by atoms with Crippen molar-refractivity contribution in [1.29, 1.82) is 0 Å². The van der Waals surface area contributed by atoms with Crippen LogP contribution in [0, 0.1) is 0 Å². The van der Waals surface area contributed by atoms with Gasteiger partial charge in [-0.1, -0.05) is 193 Å². The molecule has 2 heteroatoms. The normalized spacial score (nSPS) is 12.3. The molecular formula is C58H51NO. The number of ether oxygens (including phenoxy) is 1. The van der Waals surface area contributed by atoms with Crippen LogP contribution in [0.5, 0.6) is 11.5 Å². The summed E-state index contributed by atoms with van der Waals surface area (Å²) in [5, 5.41) is 0. The third-order valence-corrected chi connectivity index (χ3v) is 11.7. The zero-order valence-corrected chi connectivity index (χ0v) is 35.4. The Balaban J connectivity index is 1.17. The first-order chi connectivity index (χ1) is 29.0. The molecule has 0 aliphatic carbocycles. The Morgan fingerprint density at radius 2 is 0.750 bits per heavy atom. The summed E-state index contributed by atoms with van der Waals surface area (Å²) in [5.74, 6) is 1.67. The molecule has 8 aromatic rings. The van der Waals surface area contributed by atoms with E-state index in [1.165, 1.54) is 39.0 Å². The minimum Gasteiger partial charge on any atom is -0.456 e. The van der Waals surface area contributed by atoms with Crippen LogP contribution in [0.15, 0.2) is 200 Å². The van der Waals surface area contributed by atoms with Crippen LogP contribution in [-0.2, 0) is 10.8 Å². The molecule has 1 heterocycles. The van der Waals surface area contributed by atoms with Crippen molar-refractivity contribution in [3.05, 3.63) is 234 Å². The number of anilines is 3. The van der Waals surface area contributed by atoms with E-state index in [4.69, 9.17) is 4.74 Å². The summed E-state index contributed by atoms with van der Waals surface area (Å²) >= 11 is 0. The van der Waals surface area contributed by atoms with E-state index in [9.17, 15) is 0 Å². The number of hydrogen-bond donors (Lipinski definition) is 0. The van der Waals surface area contributed by atoms with Gasteiger partial charge in [-0.15, -0.1) is 0 Å². The van der Waals surface area contributed by atoms with Crippen LogP contribution in [0.3, 0.4) is 0 Å². The summed E-state index contributed by atoms with van der Waals surface area (Å²) in [6, 6.07) is 72.4. The maximum absolute atomic E-state index is 6.85. The highest BCUT2D eigenvalue weighted by atomic mass is 16.5. The molecule has 0 aromatic heterocycles. The Morgan fingerprint density at radius 3 is 1.20 bits per heavy atom. The molecule has 1 aliphatic heterocycles. The fourth-order valence-corrected chi connectivity index (χ4v) is 8.28. The van der Waals surface area contributed by atoms with E-state index in [1.54, 1.807) is 0 Å². The van der Waals surface area contributed by atoms with Gasteiger partial charge in [-0.2, -0.15) is 0 Å². The second-order valence-electron chi connectivity index (χ2n) is 17.8. The first-order valence-electron chi connectivity index (χ1n) is 21.0. The minimum atomic E-state index is 0.107. The number of rotatable bonds is 7. The molecule has 2 nitrogen and oxygen atoms in total. The van der Waals surface area contributed by atoms with Crippen LogP contribution < -0.4 is 9.64 Å². The van der Waals surface area contributed by atoms with Crippen LogP contribution in [0.4, 0.5) is 17.1 Å². The highest BCUT2D eigenvalue weighted by Gasteiger charge is 2.28. The average molecular weight is 778 g/mol. The Morgan fingerprint density at radius 1 is 0.367 bits per heavy atom. The monoisotopic (exact) mass is 777 g/mol. The van der Waals surface area contributed by atoms with Crippen LogP contribution in [-0.4, -0.2) is 0 Å². The highest BCUT2D eigenvalue weighted by molar-refractivity contribution is 6.07. The van der Waals surface area contributed by atoms with E-state index >= 15 is 0 Å². The fourth-order valence-electron chi connectivity index (χ4n) is 8.28. The summed E-state index contributed by atoms with van der Waals surface area (Å²) in [6.45, 7) is 13.5. The van der Waals surface area contributed by atoms with Gasteiger partial charge in [0, 0.05) is 39.8 Å². The first-order valence-corrected chi connectivity index (χ1v) is 21.0. The third kappa shape index (κ3) is 7.70. The van der Waals surface area contributed by atoms with E-state index in [1.807, 2.05) is 0 Å². The molecule has 1 aliphatic rings. The first kappa shape index (κ1) is 38.6. The second-order valence-corrected chi connectivity index (χ2v) is 17.8. The van der Waals surface area contributed by atoms with E-state index in [0.29, 0.717) is 0 Å². The van der Waals surface area contributed by atoms with Crippen molar-refractivity contribution in [2.24, 2.45) is 0 Å². The highest BCUT2D eigenvalue weighted by Crippen LogP contribution is 2.50. The molecule has 0 fully saturated rings. The fraction of sp³-hybridized carbons (Fsp3) is 0.138. The van der Waals surface area contributed by atoms with Gasteiger partial charge in [-0.05, 0) is 103 Å². The summed E-state index contributed by atoms with van der Waals surface area (Å²) in [6.07, 6.45) is 0. The molecule has 60 heavy (non-hydrogen) atoms. The Kier molecular flexibility index (Phi) is 10.1. The summed E-state index contributed by atoms with van der Waals surface area (Å²) < 4.78 is 6.85. The molecule has 0 atom stereocenters. The molecule has 9 rings (SSSR count). The van der Waals surface area contributed by atoms with Crippen LogP contribution >= 0.6 is 0 Å². The quantitative estimate of drug-likeness (QED) is 0.160. The summed E-state index contributed by atoms with van der Waals surface area (Å²) in [4.78, 5) is 2.34. The number of nitrogens with zero attached hydrogens (tertiary/aromatic N) is 1. The number of benzene rings is 8. The lowest BCUT2D eigenvalue weighted by atomic mass is 9.84. The maximum atomic E-state index is 6.85. The van der Waals surface area contributed by atoms with Crippen molar-refractivity contribution in [2.75, 3.05) is 4.90 Å². The zero-order valence-electron chi connectivity index (χ0n) is 35.4. The zero-order chi connectivity index (χ0) is 41.4. The lowest BCUT2D eigenvalue weighted by Crippen LogP contribution is -2.12. The van der Waals surface area contributed by atoms with Gasteiger partial charge < -0.3 is 9.64 Å². The van der Waals surface area contributed by atoms with Crippen LogP contribution in [0.25, 0.3) is 33.4 Å². The van der Waals surface area contributed by atoms with Crippen LogP contribution in [0.1, 0.15) is 74.9 Å². The van der Waals surface area contributed by atoms with Gasteiger partial charge in [-0.25, -0.2) is 0 Å². The Bertz CT molecular complexity index is 2640. The molecule has 294 valence electrons. The topological polar surface area (TPSA) is 12.5 Å². The van der Waals surface area contributed by atoms with Gasteiger partial charge in [0.2, 0.25) is 0 Å². The van der Waals surface area contributed by atoms with E-state index in [0.717, 1.165) is 56.4 Å². The molecular weight excluding hydrogens is 727 g/mol. The van der Waals surface area contributed by atoms with E-state index in [-0.39, 0.29) is 10.8 Å². The van der Waals surface area contributed by atoms with Gasteiger partial charge in [0.15, 0.2) is 0 Å². The molecule has 0 N–H and O–H groups in total. The van der Waals surface area contributed by atoms with Gasteiger partial charge in [-0.3, -0.25) is 0 Å². The third-order valence-electron chi connectivity index (χ3n) is 11.7. The standard InChI is InChI=1S/C58H51NO/c1-57(2,3)46-29-21-40(22-30-46)42-25-33-48(34-26-42)59(49-35-27-43(28-36-49)41-23-31-47(32-24-41)58(4,5)6)50-37-38-52-54(39-50)60-53-20-14-13-19-51(53)56(52)55(44-15-9-7-10-16-44)45-17-11-8-12-18-45/h7-39H,1-6H3. The molecule has 0 radical (unpaired) electrons. The van der Waals surface area contributed by atoms with Crippen molar-refractivity contribution >= 4 is 28.2 Å². The van der Waals surface area contributed by atoms with Gasteiger partial charge in [0.25, 0.3) is 0 Å². The predicted octanol–water partition coefficient (Wildman–Crippen LogP) is 16.2. The number of hydrogen-bond acceptors (Lipinski definition) is 2. The van der Waals surface area contributed by atoms with Crippen LogP contribution in [0.2, 0.25) is 0 Å². The van der Waals surface area contributed by atoms with Crippen molar-refractivity contribution in [1.82, 2.24) is 0 Å². The average Bonchev–Trinajstić information content (AvgIpc) is 3.27. The van der Waals surface area contributed by atoms with Crippen molar-refractivity contribution in [3.63, 3.8) is 0 Å². The Hall–Kier alpha value is -6.90. The summed E-state index contributed by atoms with van der Waals surface area (Å²) in [7, 11) is 0. The second kappa shape index (κ2) is 15.7. The minimum absolute atomic E-state index is 0.107. The van der Waals surface area contributed by atoms with E-state index in [2.05, 4.69) is 247 Å². The molecule has 0 amide bonds. The molecule has 0 unspecified atom stereocenters. The molecule has 0 spiro atoms. The van der Waals surface area contributed by atoms with Crippen molar-refractivity contribution in [3.8, 4) is 33.8 Å². The lowest BCUT2D eigenvalue weighted by Gasteiger charge is -2.30. The Labute approximate surface area is 356 Å². The molecule has 0 saturated heterocycles. The lowest BCUT2D eigenvalue weighted by molar-refractivity contribution is 0.474. The SMILES string of the molecule is CC(C)(C)c1ccc(-c2ccc(N(c3ccc(-c4ccc(C(C)(C)C)cc4)cc3)c3ccc4c(c3)Oc3ccccc3C4=C(c3ccccc3)c3ccccc3)cc2)cc1. The molecule has 0 bridgehead atoms. The van der Waals surface area contributed by atoms with Crippen molar-refractivity contribution in [2.45, 2.75) is 52.4 Å². The van der Waals surface area contributed by atoms with Gasteiger partial charge in [0.05, 0.1) is 0 Å². The summed E-state index contributed by atoms with van der Waals surface area (Å²) in [5.41, 5.74) is 17.6.